The highest BCUT2D eigenvalue weighted by Gasteiger charge is 2.55. The number of rotatable bonds is 27. The molecule has 9 rings (SSSR count). The molecule has 6 aliphatic rings. The third-order valence-electron chi connectivity index (χ3n) is 16.3. The highest BCUT2D eigenvalue weighted by Crippen LogP contribution is 2.37. The molecule has 43 nitrogen and oxygen atoms in total. The molecule has 3 aromatic heterocycles. The normalized spacial score (nSPS) is 42.3. The van der Waals surface area contributed by atoms with Crippen LogP contribution in [0.2, 0.25) is 0 Å². The van der Waals surface area contributed by atoms with Crippen molar-refractivity contribution < 1.29 is 164 Å². The van der Waals surface area contributed by atoms with E-state index in [4.69, 9.17) is 62.6 Å². The molecule has 9 heterocycles. The molecular formula is C49H80N10O33. The van der Waals surface area contributed by atoms with Crippen molar-refractivity contribution in [3.05, 3.63) is 35.7 Å². The molecule has 0 amide bonds. The van der Waals surface area contributed by atoms with Crippen LogP contribution in [0.15, 0.2) is 18.6 Å². The van der Waals surface area contributed by atoms with Gasteiger partial charge in [0.15, 0.2) is 37.6 Å². The number of hydrogen-bond donors (Lipinski definition) is 22. The van der Waals surface area contributed by atoms with Crippen molar-refractivity contribution in [2.45, 2.75) is 209 Å². The van der Waals surface area contributed by atoms with Crippen molar-refractivity contribution in [2.75, 3.05) is 59.5 Å². The van der Waals surface area contributed by atoms with Crippen LogP contribution in [0.5, 0.6) is 0 Å². The summed E-state index contributed by atoms with van der Waals surface area (Å²) in [6, 6.07) is 0. The Hall–Kier alpha value is -3.94. The molecule has 6 fully saturated rings. The zero-order valence-corrected chi connectivity index (χ0v) is 48.4. The van der Waals surface area contributed by atoms with E-state index in [2.05, 4.69) is 30.9 Å². The minimum Gasteiger partial charge on any atom is -0.394 e. The predicted octanol–water partition coefficient (Wildman–Crippen LogP) is -15.5. The first-order valence-corrected chi connectivity index (χ1v) is 28.9. The van der Waals surface area contributed by atoms with E-state index >= 15 is 0 Å². The van der Waals surface area contributed by atoms with E-state index in [1.807, 2.05) is 0 Å². The van der Waals surface area contributed by atoms with Crippen LogP contribution in [0.25, 0.3) is 0 Å². The van der Waals surface area contributed by atoms with Crippen molar-refractivity contribution in [1.29, 1.82) is 0 Å². The second-order valence-corrected chi connectivity index (χ2v) is 23.0. The number of ether oxygens (including phenoxy) is 12. The van der Waals surface area contributed by atoms with Gasteiger partial charge >= 0.3 is 0 Å². The van der Waals surface area contributed by atoms with E-state index in [1.54, 1.807) is 0 Å². The number of nitrogens with two attached hydrogens (primary N) is 1. The van der Waals surface area contributed by atoms with Gasteiger partial charge in [-0.1, -0.05) is 15.6 Å². The van der Waals surface area contributed by atoms with Crippen molar-refractivity contribution in [3.63, 3.8) is 0 Å². The molecule has 6 saturated heterocycles. The summed E-state index contributed by atoms with van der Waals surface area (Å²) in [5, 5.41) is 243. The molecule has 0 spiro atoms. The molecule has 43 heteroatoms. The number of aliphatic hydroxyl groups excluding tert-OH is 21. The van der Waals surface area contributed by atoms with E-state index in [0.29, 0.717) is 0 Å². The summed E-state index contributed by atoms with van der Waals surface area (Å²) < 4.78 is 71.4. The third kappa shape index (κ3) is 15.6. The lowest BCUT2D eigenvalue weighted by atomic mass is 9.96. The van der Waals surface area contributed by atoms with Crippen LogP contribution in [0.1, 0.15) is 35.8 Å². The molecule has 524 valence electrons. The van der Waals surface area contributed by atoms with Crippen molar-refractivity contribution in [1.82, 2.24) is 45.0 Å². The Morgan fingerprint density at radius 3 is 0.826 bits per heavy atom. The Morgan fingerprint density at radius 1 is 0.337 bits per heavy atom. The maximum Gasteiger partial charge on any atom is 0.187 e. The SMILES string of the molecule is NC(COCc1cn([C@H]2O[C@@H](CO)[C@H](O[C@@H]3O[C@H](CO)[C@H](O)[C@H](O)[C@H]3O)[C@@H](O)[C@@H]2O)nn1)(COCc1cn([C@H]2O[C@@H](CO)[C@H](O[C@@H]3O[C@H](CO)[C@H](O)[C@H](O)[C@H]3O)[C@@H](O)[C@@H]2O)nn1)COCc1cn([C@H]2O[C@@H](CO)[C@H](O[C@@H]3O[C@H](CO)[C@H](O)[C@H](O)[C@H]3O)[C@@H](O)[C@@H]2O)nn1. The van der Waals surface area contributed by atoms with Crippen molar-refractivity contribution in [2.24, 2.45) is 5.73 Å². The summed E-state index contributed by atoms with van der Waals surface area (Å²) in [7, 11) is 0. The molecule has 0 aromatic carbocycles. The molecule has 0 radical (unpaired) electrons. The van der Waals surface area contributed by atoms with Crippen molar-refractivity contribution in [3.8, 4) is 0 Å². The number of aromatic nitrogens is 9. The molecular weight excluding hydrogens is 1260 g/mol. The van der Waals surface area contributed by atoms with Gasteiger partial charge in [0.25, 0.3) is 0 Å². The maximum absolute atomic E-state index is 11.2. The fourth-order valence-electron chi connectivity index (χ4n) is 11.1. The summed E-state index contributed by atoms with van der Waals surface area (Å²) in [6.07, 6.45) is -47.0. The monoisotopic (exact) mass is 1340 g/mol. The summed E-state index contributed by atoms with van der Waals surface area (Å²) >= 11 is 0. The zero-order chi connectivity index (χ0) is 66.6. The number of hydrogen-bond acceptors (Lipinski definition) is 40. The molecule has 0 aliphatic carbocycles. The molecule has 30 atom stereocenters. The van der Waals surface area contributed by atoms with Crippen LogP contribution in [0.3, 0.4) is 0 Å². The number of nitrogens with zero attached hydrogens (tertiary/aromatic N) is 9. The van der Waals surface area contributed by atoms with E-state index in [1.165, 1.54) is 18.6 Å². The maximum atomic E-state index is 11.2. The largest absolute Gasteiger partial charge is 0.394 e. The Kier molecular flexibility index (Phi) is 24.8. The van der Waals surface area contributed by atoms with Crippen LogP contribution >= 0.6 is 0 Å². The Bertz CT molecular complexity index is 2440. The average molecular weight is 1340 g/mol. The number of aliphatic hydroxyl groups is 21. The highest BCUT2D eigenvalue weighted by atomic mass is 16.7. The fourth-order valence-corrected chi connectivity index (χ4v) is 11.1. The van der Waals surface area contributed by atoms with Crippen LogP contribution in [0, 0.1) is 0 Å². The van der Waals surface area contributed by atoms with Gasteiger partial charge in [0.2, 0.25) is 0 Å². The molecule has 0 bridgehead atoms. The second kappa shape index (κ2) is 31.5. The highest BCUT2D eigenvalue weighted by molar-refractivity contribution is 5.02. The minimum atomic E-state index is -1.90. The van der Waals surface area contributed by atoms with E-state index in [0.717, 1.165) is 14.0 Å². The average Bonchev–Trinajstić information content (AvgIpc) is 1.45. The summed E-state index contributed by atoms with van der Waals surface area (Å²) in [5.41, 5.74) is 5.53. The van der Waals surface area contributed by atoms with E-state index < -0.39 is 249 Å². The van der Waals surface area contributed by atoms with Gasteiger partial charge in [0.1, 0.15) is 164 Å². The lowest BCUT2D eigenvalue weighted by Crippen LogP contribution is -2.63. The van der Waals surface area contributed by atoms with Gasteiger partial charge in [-0.25, -0.2) is 14.0 Å². The predicted molar refractivity (Wildman–Crippen MR) is 281 cm³/mol. The fraction of sp³-hybridized carbons (Fsp3) is 0.878. The smallest absolute Gasteiger partial charge is 0.187 e. The first-order valence-electron chi connectivity index (χ1n) is 28.9. The molecule has 23 N–H and O–H groups in total. The van der Waals surface area contributed by atoms with Gasteiger partial charge in [-0.05, 0) is 0 Å². The quantitative estimate of drug-likeness (QED) is 0.0337. The van der Waals surface area contributed by atoms with Gasteiger partial charge in [0, 0.05) is 0 Å². The minimum absolute atomic E-state index is 0.0906. The first kappa shape index (κ1) is 72.3. The van der Waals surface area contributed by atoms with Gasteiger partial charge in [-0.15, -0.1) is 15.3 Å². The van der Waals surface area contributed by atoms with Crippen molar-refractivity contribution >= 4 is 0 Å². The Labute approximate surface area is 518 Å². The van der Waals surface area contributed by atoms with E-state index in [9.17, 15) is 107 Å². The van der Waals surface area contributed by atoms with Crippen LogP contribution in [-0.2, 0) is 76.7 Å². The summed E-state index contributed by atoms with van der Waals surface area (Å²) in [5.74, 6) is 0. The zero-order valence-electron chi connectivity index (χ0n) is 48.4. The molecule has 3 aromatic rings. The summed E-state index contributed by atoms with van der Waals surface area (Å²) in [6.45, 7) is -7.12. The van der Waals surface area contributed by atoms with Crippen LogP contribution in [0.4, 0.5) is 0 Å². The Morgan fingerprint density at radius 2 is 0.587 bits per heavy atom. The van der Waals surface area contributed by atoms with Crippen LogP contribution in [-0.4, -0.2) is 383 Å². The van der Waals surface area contributed by atoms with E-state index in [-0.39, 0.29) is 36.9 Å². The molecule has 92 heavy (non-hydrogen) atoms. The lowest BCUT2D eigenvalue weighted by Gasteiger charge is -2.45. The Balaban J connectivity index is 0.838. The van der Waals surface area contributed by atoms with Gasteiger partial charge < -0.3 is 170 Å². The third-order valence-corrected chi connectivity index (χ3v) is 16.3. The molecule has 0 saturated carbocycles. The van der Waals surface area contributed by atoms with Gasteiger partial charge in [-0.2, -0.15) is 0 Å². The summed E-state index contributed by atoms with van der Waals surface area (Å²) in [4.78, 5) is 0. The lowest BCUT2D eigenvalue weighted by molar-refractivity contribution is -0.347. The van der Waals surface area contributed by atoms with Crippen LogP contribution < -0.4 is 5.73 Å². The topological polar surface area (TPSA) is 654 Å². The van der Waals surface area contributed by atoms with Gasteiger partial charge in [0.05, 0.1) is 103 Å². The standard InChI is InChI=1S/C49H80N10O33/c50-49(13-81-10-16-1-57(54-51-16)43-34(75)31(72)40(22(7-63)84-43)90-46-37(78)28(69)25(66)19(4-60)87-46,14-82-11-17-2-58(55-52-17)44-35(76)32(73)41(23(8-64)85-44)91-47-38(79)29(70)26(67)20(5-61)88-47)15-83-12-18-3-59(56-53-18)45-36(77)33(74)42(24(9-65)86-45)92-48-39(80)30(71)27(68)21(6-62)89-48/h1-3,19-48,60-80H,4-15,50H2/t19-,20-,21-,22+,23+,24+,25+,26+,27+,28+,29+,30+,31+,32+,33+,34+,35+,36+,37-,38-,39-,40+,41+,42+,43+,44+,45+,46+,47+,48+/m1/s1. The molecule has 6 aliphatic heterocycles. The first-order chi connectivity index (χ1) is 43.9. The van der Waals surface area contributed by atoms with Gasteiger partial charge in [-0.3, -0.25) is 0 Å². The molecule has 0 unspecified atom stereocenters. The second-order valence-electron chi connectivity index (χ2n) is 23.0.